The Morgan fingerprint density at radius 2 is 2.05 bits per heavy atom. The number of hydrogen-bond acceptors (Lipinski definition) is 5. The van der Waals surface area contributed by atoms with Gasteiger partial charge in [0.25, 0.3) is 10.0 Å². The Hall–Kier alpha value is -1.87. The number of carboxylic acids is 1. The predicted octanol–water partition coefficient (Wildman–Crippen LogP) is 2.55. The molecule has 0 bridgehead atoms. The number of anilines is 1. The predicted molar refractivity (Wildman–Crippen MR) is 77.9 cm³/mol. The van der Waals surface area contributed by atoms with E-state index >= 15 is 0 Å². The first-order valence-electron chi connectivity index (χ1n) is 5.70. The third-order valence-electron chi connectivity index (χ3n) is 2.63. The van der Waals surface area contributed by atoms with E-state index in [-0.39, 0.29) is 16.5 Å². The van der Waals surface area contributed by atoms with E-state index in [4.69, 9.17) is 9.52 Å². The highest BCUT2D eigenvalue weighted by atomic mass is 79.9. The van der Waals surface area contributed by atoms with Crippen LogP contribution in [0.2, 0.25) is 0 Å². The standard InChI is InChI=1S/C12H11BrN2O5S/c1-6-8(13)3-4-11(14-6)15-21(18,19)10-5-9(12(16)17)20-7(10)2/h3-5H,1-2H3,(H,14,15)(H,16,17). The normalized spacial score (nSPS) is 11.4. The van der Waals surface area contributed by atoms with Gasteiger partial charge in [-0.05, 0) is 41.9 Å². The number of aromatic carboxylic acids is 1. The number of hydrogen-bond donors (Lipinski definition) is 2. The zero-order valence-electron chi connectivity index (χ0n) is 11.0. The molecule has 2 rings (SSSR count). The summed E-state index contributed by atoms with van der Waals surface area (Å²) in [4.78, 5) is 14.6. The number of nitrogens with one attached hydrogen (secondary N) is 1. The first kappa shape index (κ1) is 15.5. The minimum absolute atomic E-state index is 0.00580. The van der Waals surface area contributed by atoms with Crippen LogP contribution in [0.4, 0.5) is 5.82 Å². The Labute approximate surface area is 129 Å². The van der Waals surface area contributed by atoms with Gasteiger partial charge in [-0.15, -0.1) is 0 Å². The molecule has 2 N–H and O–H groups in total. The molecule has 7 nitrogen and oxygen atoms in total. The zero-order valence-corrected chi connectivity index (χ0v) is 13.4. The van der Waals surface area contributed by atoms with Crippen molar-refractivity contribution in [2.45, 2.75) is 18.7 Å². The highest BCUT2D eigenvalue weighted by Gasteiger charge is 2.24. The van der Waals surface area contributed by atoms with E-state index in [2.05, 4.69) is 25.6 Å². The third-order valence-corrected chi connectivity index (χ3v) is 4.93. The van der Waals surface area contributed by atoms with Crippen molar-refractivity contribution in [3.05, 3.63) is 39.9 Å². The maximum Gasteiger partial charge on any atom is 0.371 e. The van der Waals surface area contributed by atoms with Crippen LogP contribution in [-0.2, 0) is 10.0 Å². The van der Waals surface area contributed by atoms with Crippen molar-refractivity contribution in [1.29, 1.82) is 0 Å². The van der Waals surface area contributed by atoms with Gasteiger partial charge in [0.05, 0.1) is 5.69 Å². The molecule has 0 aliphatic rings. The number of halogens is 1. The Kier molecular flexibility index (Phi) is 4.06. The molecule has 0 aliphatic heterocycles. The van der Waals surface area contributed by atoms with Crippen molar-refractivity contribution < 1.29 is 22.7 Å². The Morgan fingerprint density at radius 3 is 2.57 bits per heavy atom. The number of carbonyl (C=O) groups is 1. The van der Waals surface area contributed by atoms with Crippen molar-refractivity contribution >= 4 is 37.7 Å². The fourth-order valence-electron chi connectivity index (χ4n) is 1.63. The minimum atomic E-state index is -3.97. The molecule has 2 aromatic heterocycles. The number of nitrogens with zero attached hydrogens (tertiary/aromatic N) is 1. The van der Waals surface area contributed by atoms with Gasteiger partial charge in [0.2, 0.25) is 5.76 Å². The topological polar surface area (TPSA) is 110 Å². The molecule has 21 heavy (non-hydrogen) atoms. The molecule has 0 atom stereocenters. The van der Waals surface area contributed by atoms with Crippen LogP contribution in [0.15, 0.2) is 32.0 Å². The maximum absolute atomic E-state index is 12.2. The van der Waals surface area contributed by atoms with Gasteiger partial charge in [0.1, 0.15) is 16.5 Å². The number of carboxylic acid groups (broad SMARTS) is 1. The van der Waals surface area contributed by atoms with Crippen LogP contribution in [0.1, 0.15) is 22.0 Å². The fourth-order valence-corrected chi connectivity index (χ4v) is 3.03. The summed E-state index contributed by atoms with van der Waals surface area (Å²) in [5, 5.41) is 8.82. The summed E-state index contributed by atoms with van der Waals surface area (Å²) in [7, 11) is -3.97. The Morgan fingerprint density at radius 1 is 1.38 bits per heavy atom. The Bertz CT molecular complexity index is 813. The third kappa shape index (κ3) is 3.24. The molecule has 0 saturated carbocycles. The molecule has 0 spiro atoms. The van der Waals surface area contributed by atoms with Gasteiger partial charge in [-0.3, -0.25) is 4.72 Å². The molecule has 0 amide bonds. The summed E-state index contributed by atoms with van der Waals surface area (Å²) in [5.41, 5.74) is 0.616. The molecule has 2 heterocycles. The van der Waals surface area contributed by atoms with Crippen LogP contribution in [0.5, 0.6) is 0 Å². The van der Waals surface area contributed by atoms with Gasteiger partial charge in [-0.1, -0.05) is 0 Å². The maximum atomic E-state index is 12.2. The number of rotatable bonds is 4. The number of aromatic nitrogens is 1. The lowest BCUT2D eigenvalue weighted by Crippen LogP contribution is -2.14. The first-order valence-corrected chi connectivity index (χ1v) is 7.98. The monoisotopic (exact) mass is 374 g/mol. The van der Waals surface area contributed by atoms with E-state index in [1.807, 2.05) is 0 Å². The summed E-state index contributed by atoms with van der Waals surface area (Å²) in [6.45, 7) is 3.09. The molecule has 9 heteroatoms. The molecule has 2 aromatic rings. The minimum Gasteiger partial charge on any atom is -0.475 e. The van der Waals surface area contributed by atoms with E-state index in [0.29, 0.717) is 5.69 Å². The van der Waals surface area contributed by atoms with Crippen LogP contribution in [0.25, 0.3) is 0 Å². The first-order chi connectivity index (χ1) is 9.70. The SMILES string of the molecule is Cc1nc(NS(=O)(=O)c2cc(C(=O)O)oc2C)ccc1Br. The van der Waals surface area contributed by atoms with E-state index in [1.54, 1.807) is 13.0 Å². The molecular weight excluding hydrogens is 364 g/mol. The average molecular weight is 375 g/mol. The largest absolute Gasteiger partial charge is 0.475 e. The summed E-state index contributed by atoms with van der Waals surface area (Å²) >= 11 is 3.26. The lowest BCUT2D eigenvalue weighted by Gasteiger charge is -2.07. The van der Waals surface area contributed by atoms with Crippen LogP contribution < -0.4 is 4.72 Å². The quantitative estimate of drug-likeness (QED) is 0.850. The summed E-state index contributed by atoms with van der Waals surface area (Å²) in [6, 6.07) is 4.11. The van der Waals surface area contributed by atoms with Gasteiger partial charge >= 0.3 is 5.97 Å². The highest BCUT2D eigenvalue weighted by Crippen LogP contribution is 2.23. The Balaban J connectivity index is 2.38. The highest BCUT2D eigenvalue weighted by molar-refractivity contribution is 9.10. The summed E-state index contributed by atoms with van der Waals surface area (Å²) in [5.74, 6) is -1.65. The summed E-state index contributed by atoms with van der Waals surface area (Å²) < 4.78 is 32.4. The zero-order chi connectivity index (χ0) is 15.8. The molecule has 0 aromatic carbocycles. The second-order valence-corrected chi connectivity index (χ2v) is 6.71. The van der Waals surface area contributed by atoms with Crippen LogP contribution in [0.3, 0.4) is 0 Å². The van der Waals surface area contributed by atoms with Crippen molar-refractivity contribution in [1.82, 2.24) is 4.98 Å². The number of sulfonamides is 1. The van der Waals surface area contributed by atoms with Crippen molar-refractivity contribution in [3.8, 4) is 0 Å². The molecule has 0 saturated heterocycles. The van der Waals surface area contributed by atoms with Gasteiger partial charge in [-0.2, -0.15) is 0 Å². The van der Waals surface area contributed by atoms with E-state index in [9.17, 15) is 13.2 Å². The van der Waals surface area contributed by atoms with Crippen LogP contribution >= 0.6 is 15.9 Å². The second kappa shape index (κ2) is 5.49. The molecular formula is C12H11BrN2O5S. The lowest BCUT2D eigenvalue weighted by molar-refractivity contribution is 0.0661. The molecule has 0 unspecified atom stereocenters. The van der Waals surface area contributed by atoms with Gasteiger partial charge in [0, 0.05) is 10.5 Å². The second-order valence-electron chi connectivity index (χ2n) is 4.21. The van der Waals surface area contributed by atoms with Gasteiger partial charge < -0.3 is 9.52 Å². The number of furan rings is 1. The molecule has 0 radical (unpaired) electrons. The van der Waals surface area contributed by atoms with E-state index < -0.39 is 21.8 Å². The van der Waals surface area contributed by atoms with Crippen LogP contribution in [0, 0.1) is 13.8 Å². The van der Waals surface area contributed by atoms with Gasteiger partial charge in [-0.25, -0.2) is 18.2 Å². The van der Waals surface area contributed by atoms with Crippen molar-refractivity contribution in [2.24, 2.45) is 0 Å². The fraction of sp³-hybridized carbons (Fsp3) is 0.167. The number of aryl methyl sites for hydroxylation is 2. The molecule has 0 aliphatic carbocycles. The number of pyridine rings is 1. The smallest absolute Gasteiger partial charge is 0.371 e. The molecule has 112 valence electrons. The van der Waals surface area contributed by atoms with Crippen LogP contribution in [-0.4, -0.2) is 24.5 Å². The van der Waals surface area contributed by atoms with Crippen molar-refractivity contribution in [2.75, 3.05) is 4.72 Å². The van der Waals surface area contributed by atoms with Crippen molar-refractivity contribution in [3.63, 3.8) is 0 Å². The van der Waals surface area contributed by atoms with Gasteiger partial charge in [0.15, 0.2) is 0 Å². The molecule has 0 fully saturated rings. The van der Waals surface area contributed by atoms with E-state index in [1.165, 1.54) is 13.0 Å². The average Bonchev–Trinajstić information content (AvgIpc) is 2.77. The summed E-state index contributed by atoms with van der Waals surface area (Å²) in [6.07, 6.45) is 0. The van der Waals surface area contributed by atoms with E-state index in [0.717, 1.165) is 10.5 Å². The lowest BCUT2D eigenvalue weighted by atomic mass is 10.4.